The molecule has 0 aliphatic carbocycles. The number of benzene rings is 2. The number of Topliss-reactive ketones (excluding diaryl/α,β-unsaturated/α-hetero) is 1. The summed E-state index contributed by atoms with van der Waals surface area (Å²) >= 11 is 0. The van der Waals surface area contributed by atoms with Crippen LogP contribution in [0.3, 0.4) is 0 Å². The number of nitrogens with zero attached hydrogens (tertiary/aromatic N) is 5. The van der Waals surface area contributed by atoms with Crippen molar-refractivity contribution in [2.45, 2.75) is 109 Å². The summed E-state index contributed by atoms with van der Waals surface area (Å²) in [5.41, 5.74) is -4.11. The molecule has 0 radical (unpaired) electrons. The third-order valence-corrected chi connectivity index (χ3v) is 15.9. The van der Waals surface area contributed by atoms with Crippen molar-refractivity contribution in [1.29, 1.82) is 0 Å². The van der Waals surface area contributed by atoms with Gasteiger partial charge in [-0.2, -0.15) is 26.3 Å². The summed E-state index contributed by atoms with van der Waals surface area (Å²) in [5.74, 6) is -1.88. The van der Waals surface area contributed by atoms with Gasteiger partial charge < -0.3 is 34.9 Å². The van der Waals surface area contributed by atoms with Crippen molar-refractivity contribution >= 4 is 29.6 Å². The number of aromatic nitrogens is 2. The van der Waals surface area contributed by atoms with Crippen LogP contribution in [0, 0.1) is 46.1 Å². The molecule has 81 heavy (non-hydrogen) atoms. The molecule has 15 nitrogen and oxygen atoms in total. The van der Waals surface area contributed by atoms with Gasteiger partial charge in [-0.05, 0) is 99.5 Å². The van der Waals surface area contributed by atoms with E-state index in [-0.39, 0.29) is 17.7 Å². The van der Waals surface area contributed by atoms with E-state index in [4.69, 9.17) is 9.72 Å². The standard InChI is InChI=1S/C58H67F8N7O8/c1-55(2,57(61,62)63)44(27-51(76)79-5)53(77)69-34-71(22-20-43-45(59)24-38(25-46(43)60)47-9-7-8-21-67-47)31-49(75)39(26-48(74)52(70-54(78)80-6)56(3,4)58(64,65)66)23-36-13-10-35(11-14-36)12-15-37-16-19-50(68-28-37)72-29-40-17-18-41(30-72)73(40)42-32-81-33-42/h7-11,13-14,16,19,21,24-25,28,39-42,44,49,52,75H,17-18,20,22-23,26-27,29-34H2,1-6H3,(H,69,77)(H,70,78)/t39-,40?,41?,44-,49+,52-/m1/s1. The molecule has 23 heteroatoms. The van der Waals surface area contributed by atoms with Crippen LogP contribution >= 0.6 is 0 Å². The van der Waals surface area contributed by atoms with Gasteiger partial charge in [-0.25, -0.2) is 18.6 Å². The Morgan fingerprint density at radius 1 is 0.815 bits per heavy atom. The molecule has 3 fully saturated rings. The SMILES string of the molecule is COC(=O)C[C@H](C(=O)NCN(CCc1c(F)cc(-c2ccccn2)cc1F)C[C@H](O)[C@@H](CC(=O)[C@@H](NC(=O)OC)C(C)(C)C(F)(F)F)Cc1ccc(C#Cc2ccc(N3CC4CCC(C3)N4C3COC3)nc2)cc1)C(C)(C)C(F)(F)F. The Bertz CT molecular complexity index is 2860. The molecule has 2 amide bonds. The van der Waals surface area contributed by atoms with E-state index in [9.17, 15) is 50.6 Å². The summed E-state index contributed by atoms with van der Waals surface area (Å²) in [6.07, 6.45) is -10.2. The van der Waals surface area contributed by atoms with Crippen LogP contribution in [0.25, 0.3) is 11.3 Å². The summed E-state index contributed by atoms with van der Waals surface area (Å²) in [6.45, 7) is 4.42. The Morgan fingerprint density at radius 3 is 1.99 bits per heavy atom. The minimum absolute atomic E-state index is 0.105. The molecule has 0 spiro atoms. The number of pyridine rings is 2. The van der Waals surface area contributed by atoms with Gasteiger partial charge in [0.05, 0.1) is 75.1 Å². The second-order valence-electron chi connectivity index (χ2n) is 22.0. The van der Waals surface area contributed by atoms with Crippen LogP contribution in [0.15, 0.2) is 79.1 Å². The number of piperazine rings is 1. The number of carbonyl (C=O) groups excluding carboxylic acids is 4. The Balaban J connectivity index is 1.14. The summed E-state index contributed by atoms with van der Waals surface area (Å²) < 4.78 is 133. The highest BCUT2D eigenvalue weighted by Crippen LogP contribution is 2.46. The topological polar surface area (TPSA) is 176 Å². The fourth-order valence-corrected chi connectivity index (χ4v) is 10.5. The number of alkyl halides is 6. The van der Waals surface area contributed by atoms with Crippen LogP contribution in [0.4, 0.5) is 45.7 Å². The number of amides is 2. The lowest BCUT2D eigenvalue weighted by molar-refractivity contribution is -0.230. The molecule has 7 rings (SSSR count). The van der Waals surface area contributed by atoms with Crippen LogP contribution < -0.4 is 15.5 Å². The molecule has 4 aromatic rings. The average Bonchev–Trinajstić information content (AvgIpc) is 3.64. The van der Waals surface area contributed by atoms with Crippen molar-refractivity contribution in [2.24, 2.45) is 22.7 Å². The zero-order valence-corrected chi connectivity index (χ0v) is 45.8. The first kappa shape index (κ1) is 61.9. The minimum Gasteiger partial charge on any atom is -0.469 e. The van der Waals surface area contributed by atoms with Gasteiger partial charge in [0.15, 0.2) is 5.78 Å². The summed E-state index contributed by atoms with van der Waals surface area (Å²) in [6, 6.07) is 16.4. The smallest absolute Gasteiger partial charge is 0.407 e. The highest BCUT2D eigenvalue weighted by molar-refractivity contribution is 5.88. The molecule has 438 valence electrons. The number of fused-ring (bicyclic) bond motifs is 2. The van der Waals surface area contributed by atoms with Gasteiger partial charge in [0, 0.05) is 79.3 Å². The zero-order chi connectivity index (χ0) is 59.0. The molecule has 3 saturated heterocycles. The lowest BCUT2D eigenvalue weighted by Gasteiger charge is -2.47. The van der Waals surface area contributed by atoms with E-state index in [1.54, 1.807) is 42.6 Å². The number of ketones is 1. The highest BCUT2D eigenvalue weighted by atomic mass is 19.4. The summed E-state index contributed by atoms with van der Waals surface area (Å²) in [7, 11) is 1.82. The van der Waals surface area contributed by atoms with Gasteiger partial charge >= 0.3 is 24.4 Å². The number of ether oxygens (including phenoxy) is 3. The van der Waals surface area contributed by atoms with Crippen LogP contribution in [-0.4, -0.2) is 152 Å². The van der Waals surface area contributed by atoms with E-state index < -0.39 is 127 Å². The van der Waals surface area contributed by atoms with Gasteiger partial charge in [0.25, 0.3) is 0 Å². The number of esters is 1. The highest BCUT2D eigenvalue weighted by Gasteiger charge is 2.57. The Kier molecular flexibility index (Phi) is 19.9. The van der Waals surface area contributed by atoms with Gasteiger partial charge in [0.1, 0.15) is 23.5 Å². The largest absolute Gasteiger partial charge is 0.469 e. The lowest BCUT2D eigenvalue weighted by Crippen LogP contribution is -2.62. The van der Waals surface area contributed by atoms with E-state index in [1.165, 1.54) is 17.2 Å². The molecule has 0 saturated carbocycles. The maximum Gasteiger partial charge on any atom is 0.407 e. The first-order valence-electron chi connectivity index (χ1n) is 26.5. The monoisotopic (exact) mass is 1140 g/mol. The lowest BCUT2D eigenvalue weighted by atomic mass is 9.75. The third-order valence-electron chi connectivity index (χ3n) is 15.9. The number of aliphatic hydroxyl groups is 1. The van der Waals surface area contributed by atoms with Crippen LogP contribution in [-0.2, 0) is 41.4 Å². The molecule has 3 N–H and O–H groups in total. The number of rotatable bonds is 22. The van der Waals surface area contributed by atoms with Crippen LogP contribution in [0.1, 0.15) is 75.6 Å². The number of aliphatic hydroxyl groups excluding tert-OH is 1. The van der Waals surface area contributed by atoms with E-state index in [0.717, 1.165) is 85.2 Å². The minimum atomic E-state index is -5.06. The number of anilines is 1. The number of hydrogen-bond acceptors (Lipinski definition) is 13. The second kappa shape index (κ2) is 26.0. The number of methoxy groups -OCH3 is 2. The summed E-state index contributed by atoms with van der Waals surface area (Å²) in [5, 5.41) is 16.5. The molecule has 5 heterocycles. The normalized spacial score (nSPS) is 18.4. The predicted octanol–water partition coefficient (Wildman–Crippen LogP) is 8.05. The van der Waals surface area contributed by atoms with Gasteiger partial charge in [-0.1, -0.05) is 43.9 Å². The van der Waals surface area contributed by atoms with Crippen molar-refractivity contribution in [3.63, 3.8) is 0 Å². The molecular formula is C58H67F8N7O8. The van der Waals surface area contributed by atoms with Crippen molar-refractivity contribution in [3.8, 4) is 23.1 Å². The Hall–Kier alpha value is -6.74. The average molecular weight is 1140 g/mol. The van der Waals surface area contributed by atoms with E-state index in [1.807, 2.05) is 17.4 Å². The molecule has 3 aliphatic heterocycles. The van der Waals surface area contributed by atoms with Crippen molar-refractivity contribution in [3.05, 3.63) is 113 Å². The third kappa shape index (κ3) is 15.0. The zero-order valence-electron chi connectivity index (χ0n) is 45.8. The quantitative estimate of drug-likeness (QED) is 0.0299. The second-order valence-corrected chi connectivity index (χ2v) is 22.0. The molecule has 3 aliphatic rings. The van der Waals surface area contributed by atoms with Crippen molar-refractivity contribution in [1.82, 2.24) is 30.4 Å². The van der Waals surface area contributed by atoms with E-state index in [2.05, 4.69) is 41.4 Å². The first-order valence-corrected chi connectivity index (χ1v) is 26.5. The first-order chi connectivity index (χ1) is 38.2. The molecule has 2 aromatic heterocycles. The van der Waals surface area contributed by atoms with E-state index >= 15 is 8.78 Å². The number of nitrogens with one attached hydrogen (secondary N) is 2. The Morgan fingerprint density at radius 2 is 1.44 bits per heavy atom. The fourth-order valence-electron chi connectivity index (χ4n) is 10.5. The van der Waals surface area contributed by atoms with E-state index in [0.29, 0.717) is 48.7 Å². The van der Waals surface area contributed by atoms with Crippen molar-refractivity contribution < 1.29 is 73.6 Å². The molecule has 2 unspecified atom stereocenters. The fraction of sp³-hybridized carbons (Fsp3) is 0.517. The molecule has 2 bridgehead atoms. The predicted molar refractivity (Wildman–Crippen MR) is 282 cm³/mol. The number of halogens is 8. The Labute approximate surface area is 465 Å². The molecular weight excluding hydrogens is 1070 g/mol. The van der Waals surface area contributed by atoms with Crippen LogP contribution in [0.5, 0.6) is 0 Å². The van der Waals surface area contributed by atoms with Gasteiger partial charge in [-0.15, -0.1) is 0 Å². The number of carbonyl (C=O) groups is 4. The molecule has 6 atom stereocenters. The van der Waals surface area contributed by atoms with Gasteiger partial charge in [0.2, 0.25) is 5.91 Å². The maximum absolute atomic E-state index is 15.8. The molecule has 2 aromatic carbocycles. The number of alkyl carbamates (subject to hydrolysis) is 1. The van der Waals surface area contributed by atoms with Crippen molar-refractivity contribution in [2.75, 3.05) is 65.2 Å². The number of hydrogen-bond donors (Lipinski definition) is 3. The maximum atomic E-state index is 15.8. The van der Waals surface area contributed by atoms with Crippen LogP contribution in [0.2, 0.25) is 0 Å². The van der Waals surface area contributed by atoms with Gasteiger partial charge in [-0.3, -0.25) is 29.2 Å². The summed E-state index contributed by atoms with van der Waals surface area (Å²) in [4.78, 5) is 67.8.